The van der Waals surface area contributed by atoms with Crippen LogP contribution in [-0.4, -0.2) is 80.8 Å². The van der Waals surface area contributed by atoms with E-state index in [-0.39, 0.29) is 0 Å². The normalized spacial score (nSPS) is 31.2. The number of hydrogen-bond acceptors (Lipinski definition) is 7. The Morgan fingerprint density at radius 3 is 2.21 bits per heavy atom. The topological polar surface area (TPSA) is 114 Å². The number of para-hydroxylation sites is 1. The summed E-state index contributed by atoms with van der Waals surface area (Å²) in [6, 6.07) is 5.06. The van der Waals surface area contributed by atoms with Crippen LogP contribution in [0, 0.1) is 13.8 Å². The number of aliphatic hydroxyl groups excluding tert-OH is 5. The molecule has 5 atom stereocenters. The Bertz CT molecular complexity index is 520. The number of likely N-dealkylation sites (tertiary alicyclic amines) is 1. The van der Waals surface area contributed by atoms with Gasteiger partial charge in [0.2, 0.25) is 0 Å². The van der Waals surface area contributed by atoms with Crippen LogP contribution in [0.4, 0.5) is 0 Å². The molecular weight excluding hydrogens is 314 g/mol. The van der Waals surface area contributed by atoms with Crippen molar-refractivity contribution in [2.45, 2.75) is 50.8 Å². The Kier molecular flexibility index (Phi) is 6.56. The van der Waals surface area contributed by atoms with E-state index in [2.05, 4.69) is 0 Å². The first-order valence-electron chi connectivity index (χ1n) is 8.16. The van der Waals surface area contributed by atoms with Gasteiger partial charge < -0.3 is 30.3 Å². The summed E-state index contributed by atoms with van der Waals surface area (Å²) in [7, 11) is 0. The molecule has 0 bridgehead atoms. The molecule has 0 amide bonds. The van der Waals surface area contributed by atoms with Crippen molar-refractivity contribution >= 4 is 0 Å². The van der Waals surface area contributed by atoms with E-state index in [1.807, 2.05) is 32.0 Å². The fourth-order valence-corrected chi connectivity index (χ4v) is 3.15. The van der Waals surface area contributed by atoms with Crippen molar-refractivity contribution in [3.05, 3.63) is 29.3 Å². The minimum Gasteiger partial charge on any atom is -0.493 e. The van der Waals surface area contributed by atoms with Crippen LogP contribution < -0.4 is 4.74 Å². The fraction of sp³-hybridized carbons (Fsp3) is 0.647. The van der Waals surface area contributed by atoms with Gasteiger partial charge in [-0.1, -0.05) is 18.2 Å². The monoisotopic (exact) mass is 341 g/mol. The third-order valence-corrected chi connectivity index (χ3v) is 4.57. The van der Waals surface area contributed by atoms with Gasteiger partial charge in [0.15, 0.2) is 0 Å². The van der Waals surface area contributed by atoms with E-state index >= 15 is 0 Å². The summed E-state index contributed by atoms with van der Waals surface area (Å²) in [4.78, 5) is 1.40. The predicted molar refractivity (Wildman–Crippen MR) is 87.6 cm³/mol. The van der Waals surface area contributed by atoms with Gasteiger partial charge in [0, 0.05) is 6.54 Å². The third-order valence-electron chi connectivity index (χ3n) is 4.57. The second-order valence-corrected chi connectivity index (χ2v) is 6.30. The zero-order chi connectivity index (χ0) is 17.9. The Hall–Kier alpha value is -1.22. The van der Waals surface area contributed by atoms with Gasteiger partial charge in [-0.15, -0.1) is 0 Å². The highest BCUT2D eigenvalue weighted by Crippen LogP contribution is 2.25. The zero-order valence-electron chi connectivity index (χ0n) is 14.0. The Balaban J connectivity index is 1.92. The van der Waals surface area contributed by atoms with Crippen molar-refractivity contribution in [3.63, 3.8) is 0 Å². The number of rotatable bonds is 6. The lowest BCUT2D eigenvalue weighted by atomic mass is 9.92. The van der Waals surface area contributed by atoms with Crippen LogP contribution in [-0.2, 0) is 0 Å². The van der Waals surface area contributed by atoms with Crippen molar-refractivity contribution in [3.8, 4) is 5.75 Å². The van der Waals surface area contributed by atoms with E-state index in [9.17, 15) is 25.5 Å². The van der Waals surface area contributed by atoms with Crippen molar-refractivity contribution in [1.82, 2.24) is 4.90 Å². The van der Waals surface area contributed by atoms with Crippen molar-refractivity contribution in [1.29, 1.82) is 0 Å². The molecule has 1 saturated heterocycles. The van der Waals surface area contributed by atoms with Crippen molar-refractivity contribution < 1.29 is 30.3 Å². The van der Waals surface area contributed by atoms with Crippen LogP contribution in [0.5, 0.6) is 5.75 Å². The van der Waals surface area contributed by atoms with Gasteiger partial charge in [-0.3, -0.25) is 4.90 Å². The first-order chi connectivity index (χ1) is 11.4. The first-order valence-corrected chi connectivity index (χ1v) is 8.16. The van der Waals surface area contributed by atoms with Gasteiger partial charge in [-0.05, 0) is 31.4 Å². The summed E-state index contributed by atoms with van der Waals surface area (Å²) in [5.74, 6) is 0.825. The van der Waals surface area contributed by atoms with Crippen LogP contribution in [0.1, 0.15) is 17.5 Å². The molecule has 1 aliphatic heterocycles. The molecule has 2 rings (SSSR count). The highest BCUT2D eigenvalue weighted by molar-refractivity contribution is 5.39. The maximum absolute atomic E-state index is 10.1. The molecule has 1 heterocycles. The Morgan fingerprint density at radius 2 is 1.62 bits per heavy atom. The predicted octanol–water partition coefficient (Wildman–Crippen LogP) is -0.850. The van der Waals surface area contributed by atoms with Crippen LogP contribution >= 0.6 is 0 Å². The Labute approximate surface area is 141 Å². The molecule has 0 aromatic heterocycles. The number of hydrogen-bond donors (Lipinski definition) is 5. The molecule has 0 aliphatic carbocycles. The maximum Gasteiger partial charge on any atom is 0.136 e. The second kappa shape index (κ2) is 8.24. The van der Waals surface area contributed by atoms with Gasteiger partial charge >= 0.3 is 0 Å². The van der Waals surface area contributed by atoms with Crippen LogP contribution in [0.3, 0.4) is 0 Å². The number of ether oxygens (including phenoxy) is 1. The van der Waals surface area contributed by atoms with Crippen LogP contribution in [0.2, 0.25) is 0 Å². The molecule has 7 heteroatoms. The lowest BCUT2D eigenvalue weighted by Gasteiger charge is -2.46. The molecule has 1 fully saturated rings. The van der Waals surface area contributed by atoms with Crippen molar-refractivity contribution in [2.24, 2.45) is 0 Å². The Morgan fingerprint density at radius 1 is 1.00 bits per heavy atom. The first kappa shape index (κ1) is 19.1. The molecule has 24 heavy (non-hydrogen) atoms. The summed E-state index contributed by atoms with van der Waals surface area (Å²) in [5.41, 5.74) is 2.07. The van der Waals surface area contributed by atoms with Gasteiger partial charge in [0.1, 0.15) is 30.3 Å². The van der Waals surface area contributed by atoms with Crippen molar-refractivity contribution in [2.75, 3.05) is 19.8 Å². The number of benzene rings is 1. The van der Waals surface area contributed by atoms with Gasteiger partial charge in [-0.2, -0.15) is 0 Å². The average Bonchev–Trinajstić information content (AvgIpc) is 2.56. The number of piperidine rings is 1. The summed E-state index contributed by atoms with van der Waals surface area (Å²) in [6.07, 6.45) is -5.12. The van der Waals surface area contributed by atoms with Crippen LogP contribution in [0.15, 0.2) is 18.2 Å². The van der Waals surface area contributed by atoms with E-state index in [1.54, 1.807) is 0 Å². The lowest BCUT2D eigenvalue weighted by molar-refractivity contribution is -0.223. The van der Waals surface area contributed by atoms with E-state index in [0.29, 0.717) is 19.6 Å². The molecule has 1 aromatic rings. The molecule has 1 aliphatic rings. The smallest absolute Gasteiger partial charge is 0.136 e. The van der Waals surface area contributed by atoms with E-state index in [1.165, 1.54) is 4.90 Å². The molecule has 0 spiro atoms. The maximum atomic E-state index is 10.1. The highest BCUT2D eigenvalue weighted by atomic mass is 16.5. The minimum atomic E-state index is -1.49. The summed E-state index contributed by atoms with van der Waals surface area (Å²) in [6.45, 7) is 4.19. The van der Waals surface area contributed by atoms with Gasteiger partial charge in [0.05, 0.1) is 19.3 Å². The van der Waals surface area contributed by atoms with Gasteiger partial charge in [0.25, 0.3) is 0 Å². The molecule has 1 unspecified atom stereocenters. The summed E-state index contributed by atoms with van der Waals surface area (Å²) < 4.78 is 5.79. The standard InChI is InChI=1S/C17H27NO6/c1-10-5-3-6-11(2)16(10)24-8-4-7-18-12(9-19)13(20)14(21)15(22)17(18)23/h3,5-6,12-15,17,19-23H,4,7-9H2,1-2H3/t12-,13-,14+,15-,17?/m1/s1. The third kappa shape index (κ3) is 3.88. The summed E-state index contributed by atoms with van der Waals surface area (Å²) in [5, 5.41) is 48.9. The second-order valence-electron chi connectivity index (χ2n) is 6.30. The number of aryl methyl sites for hydroxylation is 2. The molecule has 5 N–H and O–H groups in total. The molecule has 1 aromatic carbocycles. The number of nitrogens with zero attached hydrogens (tertiary/aromatic N) is 1. The molecular formula is C17H27NO6. The highest BCUT2D eigenvalue weighted by Gasteiger charge is 2.46. The number of aliphatic hydroxyl groups is 5. The zero-order valence-corrected chi connectivity index (χ0v) is 14.0. The molecule has 7 nitrogen and oxygen atoms in total. The SMILES string of the molecule is Cc1cccc(C)c1OCCCN1C(O)[C@H](O)[C@@H](O)[C@H](O)[C@H]1CO. The molecule has 136 valence electrons. The summed E-state index contributed by atoms with van der Waals surface area (Å²) >= 11 is 0. The lowest BCUT2D eigenvalue weighted by Crippen LogP contribution is -2.67. The fourth-order valence-electron chi connectivity index (χ4n) is 3.15. The van der Waals surface area contributed by atoms with Crippen LogP contribution in [0.25, 0.3) is 0 Å². The van der Waals surface area contributed by atoms with Gasteiger partial charge in [-0.25, -0.2) is 0 Å². The average molecular weight is 341 g/mol. The molecule has 0 saturated carbocycles. The van der Waals surface area contributed by atoms with E-state index in [4.69, 9.17) is 4.74 Å². The molecule has 0 radical (unpaired) electrons. The van der Waals surface area contributed by atoms with E-state index < -0.39 is 37.2 Å². The van der Waals surface area contributed by atoms with E-state index in [0.717, 1.165) is 16.9 Å². The minimum absolute atomic E-state index is 0.304. The largest absolute Gasteiger partial charge is 0.493 e. The quantitative estimate of drug-likeness (QED) is 0.428.